The molecule has 15 heteroatoms. The molecule has 1 heterocycles. The topological polar surface area (TPSA) is 122 Å². The fourth-order valence-corrected chi connectivity index (χ4v) is 4.93. The summed E-state index contributed by atoms with van der Waals surface area (Å²) < 4.78 is 82.9. The van der Waals surface area contributed by atoms with Crippen LogP contribution in [-0.4, -0.2) is 49.4 Å². The van der Waals surface area contributed by atoms with E-state index in [2.05, 4.69) is 20.6 Å². The Hall–Kier alpha value is -3.65. The molecule has 0 spiro atoms. The lowest BCUT2D eigenvalue weighted by molar-refractivity contribution is -0.173. The van der Waals surface area contributed by atoms with E-state index in [1.807, 2.05) is 5.32 Å². The summed E-state index contributed by atoms with van der Waals surface area (Å²) in [6, 6.07) is 8.08. The summed E-state index contributed by atoms with van der Waals surface area (Å²) in [6.07, 6.45) is -3.75. The van der Waals surface area contributed by atoms with Gasteiger partial charge in [0.2, 0.25) is 5.95 Å². The second-order valence-corrected chi connectivity index (χ2v) is 12.7. The molecule has 0 aliphatic carbocycles. The minimum atomic E-state index is -5.01. The Bertz CT molecular complexity index is 1550. The largest absolute Gasteiger partial charge is 0.495 e. The van der Waals surface area contributed by atoms with E-state index >= 15 is 0 Å². The second-order valence-electron chi connectivity index (χ2n) is 9.85. The summed E-state index contributed by atoms with van der Waals surface area (Å²) in [6.45, 7) is 5.94. The van der Waals surface area contributed by atoms with E-state index in [0.29, 0.717) is 17.0 Å². The van der Waals surface area contributed by atoms with E-state index in [1.165, 1.54) is 33.2 Å². The number of anilines is 4. The first-order chi connectivity index (χ1) is 19.0. The quantitative estimate of drug-likeness (QED) is 0.240. The van der Waals surface area contributed by atoms with E-state index < -0.39 is 38.4 Å². The summed E-state index contributed by atoms with van der Waals surface area (Å²) in [5.74, 6) is -2.41. The number of carbonyl (C=O) groups is 1. The van der Waals surface area contributed by atoms with E-state index in [-0.39, 0.29) is 33.9 Å². The number of nitrogens with zero attached hydrogens (tertiary/aromatic N) is 2. The van der Waals surface area contributed by atoms with E-state index in [4.69, 9.17) is 16.3 Å². The molecule has 0 radical (unpaired) electrons. The number of halogens is 5. The van der Waals surface area contributed by atoms with E-state index in [9.17, 15) is 30.8 Å². The van der Waals surface area contributed by atoms with Crippen LogP contribution in [0.5, 0.6) is 5.75 Å². The maximum absolute atomic E-state index is 14.0. The number of alkyl halides is 3. The fraction of sp³-hybridized carbons (Fsp3) is 0.346. The highest BCUT2D eigenvalue weighted by molar-refractivity contribution is 7.92. The summed E-state index contributed by atoms with van der Waals surface area (Å²) in [4.78, 5) is 19.5. The van der Waals surface area contributed by atoms with Gasteiger partial charge in [-0.25, -0.2) is 17.8 Å². The lowest BCUT2D eigenvalue weighted by atomic mass is 9.84. The first-order valence-electron chi connectivity index (χ1n) is 12.1. The molecule has 3 rings (SSSR count). The molecule has 3 N–H and O–H groups in total. The van der Waals surface area contributed by atoms with E-state index in [0.717, 1.165) is 12.1 Å². The minimum absolute atomic E-state index is 0.00547. The molecule has 0 fully saturated rings. The Morgan fingerprint density at radius 3 is 2.37 bits per heavy atom. The van der Waals surface area contributed by atoms with Crippen LogP contribution in [0.4, 0.5) is 40.7 Å². The number of sulfone groups is 1. The number of rotatable bonds is 10. The van der Waals surface area contributed by atoms with Crippen LogP contribution in [0.25, 0.3) is 0 Å². The first-order valence-corrected chi connectivity index (χ1v) is 14.0. The monoisotopic (exact) mass is 617 g/mol. The molecule has 3 aromatic rings. The highest BCUT2D eigenvalue weighted by Crippen LogP contribution is 2.35. The lowest BCUT2D eigenvalue weighted by Gasteiger charge is -2.27. The van der Waals surface area contributed by atoms with Crippen molar-refractivity contribution in [1.29, 1.82) is 0 Å². The van der Waals surface area contributed by atoms with Crippen molar-refractivity contribution in [3.8, 4) is 5.75 Å². The van der Waals surface area contributed by atoms with Crippen LogP contribution in [0.2, 0.25) is 5.02 Å². The van der Waals surface area contributed by atoms with Crippen LogP contribution in [0.15, 0.2) is 47.5 Å². The van der Waals surface area contributed by atoms with Gasteiger partial charge < -0.3 is 20.7 Å². The predicted octanol–water partition coefficient (Wildman–Crippen LogP) is 5.90. The fourth-order valence-electron chi connectivity index (χ4n) is 3.58. The predicted molar refractivity (Wildman–Crippen MR) is 147 cm³/mol. The van der Waals surface area contributed by atoms with Gasteiger partial charge in [0.15, 0.2) is 15.7 Å². The van der Waals surface area contributed by atoms with Gasteiger partial charge >= 0.3 is 12.1 Å². The summed E-state index contributed by atoms with van der Waals surface area (Å²) >= 11 is 6.27. The van der Waals surface area contributed by atoms with Crippen LogP contribution in [0.1, 0.15) is 33.3 Å². The van der Waals surface area contributed by atoms with Gasteiger partial charge in [0.05, 0.1) is 34.8 Å². The molecular formula is C26H28ClF4N5O4S. The third-order valence-corrected chi connectivity index (χ3v) is 8.51. The molecule has 0 saturated heterocycles. The molecule has 1 aromatic heterocycles. The van der Waals surface area contributed by atoms with Gasteiger partial charge in [-0.15, -0.1) is 0 Å². The van der Waals surface area contributed by atoms with Crippen molar-refractivity contribution in [2.24, 2.45) is 0 Å². The maximum Gasteiger partial charge on any atom is 0.471 e. The zero-order chi connectivity index (χ0) is 30.8. The lowest BCUT2D eigenvalue weighted by Crippen LogP contribution is -2.43. The second kappa shape index (κ2) is 12.1. The summed E-state index contributed by atoms with van der Waals surface area (Å²) in [5.41, 5.74) is 0.0376. The zero-order valence-electron chi connectivity index (χ0n) is 22.7. The van der Waals surface area contributed by atoms with Gasteiger partial charge in [-0.2, -0.15) is 18.2 Å². The van der Waals surface area contributed by atoms with Crippen LogP contribution in [-0.2, 0) is 20.0 Å². The Kier molecular flexibility index (Phi) is 9.38. The highest BCUT2D eigenvalue weighted by Gasteiger charge is 2.39. The van der Waals surface area contributed by atoms with Crippen molar-refractivity contribution >= 4 is 50.5 Å². The molecule has 9 nitrogen and oxygen atoms in total. The van der Waals surface area contributed by atoms with Gasteiger partial charge in [-0.3, -0.25) is 4.79 Å². The molecule has 222 valence electrons. The van der Waals surface area contributed by atoms with Crippen LogP contribution in [0.3, 0.4) is 0 Å². The van der Waals surface area contributed by atoms with Gasteiger partial charge in [0, 0.05) is 12.0 Å². The normalized spacial score (nSPS) is 12.3. The van der Waals surface area contributed by atoms with Crippen LogP contribution in [0, 0.1) is 5.82 Å². The Labute approximate surface area is 239 Å². The number of benzene rings is 2. The zero-order valence-corrected chi connectivity index (χ0v) is 24.2. The van der Waals surface area contributed by atoms with Gasteiger partial charge in [-0.1, -0.05) is 31.5 Å². The SMILES string of the molecule is COc1ccc(C(C)(C)CNC(=O)C(F)(F)F)cc1Nc1ncc(Cl)c(Nc2ccc(F)cc2S(=O)(=O)C(C)C)n1. The number of methoxy groups -OCH3 is 1. The maximum atomic E-state index is 14.0. The molecule has 0 aliphatic rings. The molecule has 1 amide bonds. The van der Waals surface area contributed by atoms with Gasteiger partial charge in [-0.05, 0) is 49.7 Å². The van der Waals surface area contributed by atoms with Crippen molar-refractivity contribution < 1.29 is 35.5 Å². The summed E-state index contributed by atoms with van der Waals surface area (Å²) in [5, 5.41) is 6.89. The molecule has 41 heavy (non-hydrogen) atoms. The summed E-state index contributed by atoms with van der Waals surface area (Å²) in [7, 11) is -2.47. The molecule has 0 aliphatic heterocycles. The molecule has 0 atom stereocenters. The number of ether oxygens (including phenoxy) is 1. The molecular weight excluding hydrogens is 590 g/mol. The molecule has 2 aromatic carbocycles. The number of hydrogen-bond donors (Lipinski definition) is 3. The number of aromatic nitrogens is 2. The van der Waals surface area contributed by atoms with Crippen LogP contribution >= 0.6 is 11.6 Å². The van der Waals surface area contributed by atoms with Crippen molar-refractivity contribution in [2.45, 2.75) is 49.4 Å². The Morgan fingerprint density at radius 2 is 1.76 bits per heavy atom. The van der Waals surface area contributed by atoms with Gasteiger partial charge in [0.1, 0.15) is 16.6 Å². The Morgan fingerprint density at radius 1 is 1.07 bits per heavy atom. The third-order valence-electron chi connectivity index (χ3n) is 6.04. The first kappa shape index (κ1) is 31.9. The van der Waals surface area contributed by atoms with E-state index in [1.54, 1.807) is 32.0 Å². The van der Waals surface area contributed by atoms with Crippen molar-refractivity contribution in [2.75, 3.05) is 24.3 Å². The average molecular weight is 618 g/mol. The van der Waals surface area contributed by atoms with Crippen molar-refractivity contribution in [1.82, 2.24) is 15.3 Å². The highest BCUT2D eigenvalue weighted by atomic mass is 35.5. The third kappa shape index (κ3) is 7.55. The van der Waals surface area contributed by atoms with Crippen molar-refractivity contribution in [3.63, 3.8) is 0 Å². The smallest absolute Gasteiger partial charge is 0.471 e. The van der Waals surface area contributed by atoms with Crippen molar-refractivity contribution in [3.05, 3.63) is 59.0 Å². The molecule has 0 bridgehead atoms. The van der Waals surface area contributed by atoms with Gasteiger partial charge in [0.25, 0.3) is 0 Å². The number of amides is 1. The number of carbonyl (C=O) groups excluding carboxylic acids is 1. The minimum Gasteiger partial charge on any atom is -0.495 e. The number of nitrogens with one attached hydrogen (secondary N) is 3. The number of hydrogen-bond acceptors (Lipinski definition) is 8. The molecule has 0 saturated carbocycles. The van der Waals surface area contributed by atoms with Crippen LogP contribution < -0.4 is 20.7 Å². The average Bonchev–Trinajstić information content (AvgIpc) is 2.89. The molecule has 0 unspecified atom stereocenters. The Balaban J connectivity index is 1.93. The standard InChI is InChI=1S/C26H28ClF4N5O4S/c1-14(2)41(38,39)21-11-16(28)7-8-18(21)34-22-17(27)12-32-24(36-22)35-19-10-15(6-9-20(19)40-5)25(3,4)13-33-23(37)26(29,30)31/h6-12,14H,13H2,1-5H3,(H,33,37)(H2,32,34,35,36).